The molecule has 5 atom stereocenters. The predicted molar refractivity (Wildman–Crippen MR) is 139 cm³/mol. The van der Waals surface area contributed by atoms with Gasteiger partial charge in [-0.2, -0.15) is 8.42 Å². The summed E-state index contributed by atoms with van der Waals surface area (Å²) in [7, 11) is -4.02. The number of amides is 2. The van der Waals surface area contributed by atoms with Gasteiger partial charge in [0.05, 0.1) is 4.90 Å². The standard InChI is InChI=1S/C20H26F3N3O2.C7H8O3S/c1-10(25-11(2)27)20(28)26-14-3-4-15(26)6-13(5-14)19(24)8-12-7-17(22)18(23)9-16(12)21;1-6-2-4-7(5-3-6)11(8,9)10/h7,9-10,13-15,19H,3-6,8,24H2,1-2H3,(H,25,27);2-5H,1H3,(H,8,9,10)/t10?,13?,14-,15?,19+;/m0./s1. The number of benzene rings is 2. The minimum absolute atomic E-state index is 0.0355. The van der Waals surface area contributed by atoms with Crippen molar-refractivity contribution in [1.29, 1.82) is 0 Å². The zero-order valence-electron chi connectivity index (χ0n) is 22.0. The smallest absolute Gasteiger partial charge is 0.294 e. The molecule has 2 fully saturated rings. The Balaban J connectivity index is 0.000000320. The molecule has 2 aliphatic rings. The monoisotopic (exact) mass is 569 g/mol. The van der Waals surface area contributed by atoms with Crippen molar-refractivity contribution in [2.75, 3.05) is 0 Å². The minimum Gasteiger partial charge on any atom is -0.345 e. The maximum Gasteiger partial charge on any atom is 0.294 e. The third kappa shape index (κ3) is 7.80. The van der Waals surface area contributed by atoms with Crippen LogP contribution in [0.2, 0.25) is 0 Å². The van der Waals surface area contributed by atoms with E-state index < -0.39 is 39.7 Å². The maximum absolute atomic E-state index is 13.9. The number of nitrogens with two attached hydrogens (primary N) is 1. The molecule has 8 nitrogen and oxygen atoms in total. The van der Waals surface area contributed by atoms with Crippen molar-refractivity contribution in [2.24, 2.45) is 11.7 Å². The highest BCUT2D eigenvalue weighted by atomic mass is 32.2. The Hall–Kier alpha value is -2.96. The van der Waals surface area contributed by atoms with E-state index in [4.69, 9.17) is 10.3 Å². The third-order valence-corrected chi connectivity index (χ3v) is 8.15. The molecule has 2 saturated heterocycles. The van der Waals surface area contributed by atoms with Gasteiger partial charge in [0.1, 0.15) is 11.9 Å². The summed E-state index contributed by atoms with van der Waals surface area (Å²) in [5.41, 5.74) is 7.32. The quantitative estimate of drug-likeness (QED) is 0.361. The van der Waals surface area contributed by atoms with E-state index in [1.807, 2.05) is 11.8 Å². The lowest BCUT2D eigenvalue weighted by Gasteiger charge is -2.42. The Kier molecular flexibility index (Phi) is 9.78. The summed E-state index contributed by atoms with van der Waals surface area (Å²) in [5.74, 6) is -3.39. The lowest BCUT2D eigenvalue weighted by Crippen LogP contribution is -2.55. The molecule has 4 rings (SSSR count). The normalized spacial score (nSPS) is 21.9. The van der Waals surface area contributed by atoms with Crippen molar-refractivity contribution >= 4 is 21.9 Å². The molecule has 0 spiro atoms. The number of nitrogens with one attached hydrogen (secondary N) is 1. The van der Waals surface area contributed by atoms with Crippen molar-refractivity contribution in [3.8, 4) is 0 Å². The van der Waals surface area contributed by atoms with Crippen LogP contribution in [-0.2, 0) is 26.1 Å². The van der Waals surface area contributed by atoms with Gasteiger partial charge in [-0.25, -0.2) is 13.2 Å². The second-order valence-electron chi connectivity index (χ2n) is 10.3. The highest BCUT2D eigenvalue weighted by Crippen LogP contribution is 2.40. The van der Waals surface area contributed by atoms with Gasteiger partial charge >= 0.3 is 0 Å². The molecule has 2 aromatic rings. The molecule has 2 amide bonds. The molecule has 0 aromatic heterocycles. The lowest BCUT2D eigenvalue weighted by atomic mass is 9.82. The number of carbonyl (C=O) groups is 2. The highest BCUT2D eigenvalue weighted by molar-refractivity contribution is 7.85. The summed E-state index contributed by atoms with van der Waals surface area (Å²) in [6.07, 6.45) is 3.21. The molecule has 12 heteroatoms. The predicted octanol–water partition coefficient (Wildman–Crippen LogP) is 3.51. The molecule has 0 radical (unpaired) electrons. The fourth-order valence-corrected chi connectivity index (χ4v) is 5.85. The Morgan fingerprint density at radius 3 is 2.10 bits per heavy atom. The summed E-state index contributed by atoms with van der Waals surface area (Å²) >= 11 is 0. The molecule has 3 unspecified atom stereocenters. The van der Waals surface area contributed by atoms with E-state index >= 15 is 0 Å². The van der Waals surface area contributed by atoms with Crippen molar-refractivity contribution in [3.05, 3.63) is 65.0 Å². The maximum atomic E-state index is 13.9. The Morgan fingerprint density at radius 2 is 1.59 bits per heavy atom. The third-order valence-electron chi connectivity index (χ3n) is 7.28. The first-order valence-corrected chi connectivity index (χ1v) is 14.1. The molecule has 0 aliphatic carbocycles. The van der Waals surface area contributed by atoms with Gasteiger partial charge in [0, 0.05) is 31.1 Å². The van der Waals surface area contributed by atoms with E-state index in [2.05, 4.69) is 5.32 Å². The highest BCUT2D eigenvalue weighted by Gasteiger charge is 2.45. The molecule has 0 saturated carbocycles. The van der Waals surface area contributed by atoms with E-state index in [0.717, 1.165) is 24.5 Å². The van der Waals surface area contributed by atoms with E-state index in [1.165, 1.54) is 19.1 Å². The SMILES string of the molecule is CC(=O)NC(C)C(=O)N1C2CC[C@H]1CC([C@H](N)Cc1cc(F)c(F)cc1F)C2.Cc1ccc(S(=O)(=O)O)cc1. The molecule has 4 N–H and O–H groups in total. The first-order valence-electron chi connectivity index (χ1n) is 12.7. The van der Waals surface area contributed by atoms with Gasteiger partial charge in [-0.3, -0.25) is 14.1 Å². The number of carbonyl (C=O) groups excluding carboxylic acids is 2. The number of halogens is 3. The number of aryl methyl sites for hydroxylation is 1. The summed E-state index contributed by atoms with van der Waals surface area (Å²) in [4.78, 5) is 25.8. The minimum atomic E-state index is -4.02. The summed E-state index contributed by atoms with van der Waals surface area (Å²) in [6.45, 7) is 4.89. The number of piperidine rings is 1. The summed E-state index contributed by atoms with van der Waals surface area (Å²) < 4.78 is 70.0. The van der Waals surface area contributed by atoms with Crippen LogP contribution in [-0.4, -0.2) is 53.9 Å². The number of rotatable bonds is 6. The van der Waals surface area contributed by atoms with Gasteiger partial charge in [-0.05, 0) is 75.6 Å². The van der Waals surface area contributed by atoms with Crippen LogP contribution in [0.15, 0.2) is 41.3 Å². The second-order valence-corrected chi connectivity index (χ2v) is 11.7. The topological polar surface area (TPSA) is 130 Å². The largest absolute Gasteiger partial charge is 0.345 e. The zero-order valence-corrected chi connectivity index (χ0v) is 22.8. The molecule has 214 valence electrons. The van der Waals surface area contributed by atoms with Gasteiger partial charge in [-0.15, -0.1) is 0 Å². The Labute approximate surface area is 226 Å². The van der Waals surface area contributed by atoms with Crippen LogP contribution in [0.1, 0.15) is 50.7 Å². The lowest BCUT2D eigenvalue weighted by molar-refractivity contribution is -0.140. The molecule has 39 heavy (non-hydrogen) atoms. The number of hydrogen-bond donors (Lipinski definition) is 3. The van der Waals surface area contributed by atoms with E-state index in [1.54, 1.807) is 19.1 Å². The van der Waals surface area contributed by atoms with Crippen LogP contribution >= 0.6 is 0 Å². The molecular formula is C27H34F3N3O5S. The van der Waals surface area contributed by atoms with E-state index in [-0.39, 0.29) is 46.7 Å². The van der Waals surface area contributed by atoms with Crippen molar-refractivity contribution in [3.63, 3.8) is 0 Å². The van der Waals surface area contributed by atoms with Crippen LogP contribution in [0.5, 0.6) is 0 Å². The molecule has 2 heterocycles. The van der Waals surface area contributed by atoms with Gasteiger partial charge in [-0.1, -0.05) is 17.7 Å². The summed E-state index contributed by atoms with van der Waals surface area (Å²) in [6, 6.07) is 6.48. The van der Waals surface area contributed by atoms with E-state index in [9.17, 15) is 31.2 Å². The van der Waals surface area contributed by atoms with Gasteiger partial charge in [0.2, 0.25) is 11.8 Å². The first kappa shape index (κ1) is 30.6. The number of hydrogen-bond acceptors (Lipinski definition) is 5. The Bertz CT molecular complexity index is 1290. The zero-order chi connectivity index (χ0) is 29.1. The fourth-order valence-electron chi connectivity index (χ4n) is 5.37. The summed E-state index contributed by atoms with van der Waals surface area (Å²) in [5, 5.41) is 2.63. The van der Waals surface area contributed by atoms with Crippen LogP contribution in [0, 0.1) is 30.3 Å². The van der Waals surface area contributed by atoms with E-state index in [0.29, 0.717) is 18.9 Å². The van der Waals surface area contributed by atoms with Crippen molar-refractivity contribution in [1.82, 2.24) is 10.2 Å². The van der Waals surface area contributed by atoms with Gasteiger partial charge in [0.15, 0.2) is 11.6 Å². The van der Waals surface area contributed by atoms with Gasteiger partial charge in [0.25, 0.3) is 10.1 Å². The van der Waals surface area contributed by atoms with Crippen molar-refractivity contribution < 1.29 is 35.7 Å². The number of fused-ring (bicyclic) bond motifs is 2. The van der Waals surface area contributed by atoms with Crippen LogP contribution in [0.4, 0.5) is 13.2 Å². The molecule has 2 aliphatic heterocycles. The first-order chi connectivity index (χ1) is 18.2. The molecule has 2 aromatic carbocycles. The molecular weight excluding hydrogens is 535 g/mol. The van der Waals surface area contributed by atoms with Gasteiger partial charge < -0.3 is 16.0 Å². The molecule has 2 bridgehead atoms. The van der Waals surface area contributed by atoms with Crippen LogP contribution in [0.25, 0.3) is 0 Å². The average Bonchev–Trinajstić information content (AvgIpc) is 3.10. The van der Waals surface area contributed by atoms with Crippen LogP contribution in [0.3, 0.4) is 0 Å². The Morgan fingerprint density at radius 1 is 1.05 bits per heavy atom. The number of nitrogens with zero attached hydrogens (tertiary/aromatic N) is 1. The van der Waals surface area contributed by atoms with Crippen LogP contribution < -0.4 is 11.1 Å². The second kappa shape index (κ2) is 12.5. The average molecular weight is 570 g/mol. The van der Waals surface area contributed by atoms with Crippen molar-refractivity contribution in [2.45, 2.75) is 81.9 Å². The fraction of sp³-hybridized carbons (Fsp3) is 0.481.